The molecule has 1 N–H and O–H groups in total. The summed E-state index contributed by atoms with van der Waals surface area (Å²) in [6.07, 6.45) is 0.668. The summed E-state index contributed by atoms with van der Waals surface area (Å²) in [4.78, 5) is 25.4. The van der Waals surface area contributed by atoms with Gasteiger partial charge in [-0.2, -0.15) is 0 Å². The van der Waals surface area contributed by atoms with Gasteiger partial charge in [-0.3, -0.25) is 9.59 Å². The molecule has 1 aliphatic rings. The molecule has 1 heterocycles. The second kappa shape index (κ2) is 6.49. The van der Waals surface area contributed by atoms with Gasteiger partial charge < -0.3 is 15.0 Å². The largest absolute Gasteiger partial charge is 0.356 e. The Hall–Kier alpha value is -2.21. The molecule has 0 aromatic heterocycles. The fraction of sp³-hybridized carbons (Fsp3) is 0.333. The molecule has 0 aliphatic carbocycles. The summed E-state index contributed by atoms with van der Waals surface area (Å²) in [6.45, 7) is 3.65. The first-order valence-corrected chi connectivity index (χ1v) is 6.56. The molecule has 1 aromatic carbocycles. The van der Waals surface area contributed by atoms with Crippen molar-refractivity contribution in [1.82, 2.24) is 10.2 Å². The van der Waals surface area contributed by atoms with Crippen LogP contribution in [0, 0.1) is 5.82 Å². The van der Waals surface area contributed by atoms with E-state index >= 15 is 0 Å². The Balaban J connectivity index is 2.31. The van der Waals surface area contributed by atoms with Gasteiger partial charge in [-0.1, -0.05) is 18.2 Å². The number of ether oxygens (including phenoxy) is 1. The normalized spacial score (nSPS) is 22.0. The number of rotatable bonds is 4. The summed E-state index contributed by atoms with van der Waals surface area (Å²) in [5.74, 6) is -1.04. The van der Waals surface area contributed by atoms with Gasteiger partial charge in [0, 0.05) is 13.6 Å². The van der Waals surface area contributed by atoms with E-state index in [2.05, 4.69) is 11.9 Å². The predicted molar refractivity (Wildman–Crippen MR) is 74.9 cm³/mol. The number of likely N-dealkylation sites (N-methyl/N-ethyl adjacent to an activating group) is 1. The summed E-state index contributed by atoms with van der Waals surface area (Å²) in [6, 6.07) is 5.15. The molecule has 0 bridgehead atoms. The number of nitrogens with one attached hydrogen (secondary N) is 1. The molecule has 21 heavy (non-hydrogen) atoms. The van der Waals surface area contributed by atoms with Crippen LogP contribution in [0.2, 0.25) is 0 Å². The van der Waals surface area contributed by atoms with Crippen LogP contribution in [-0.4, -0.2) is 43.0 Å². The Bertz CT molecular complexity index is 562. The van der Waals surface area contributed by atoms with Gasteiger partial charge in [-0.25, -0.2) is 4.39 Å². The highest BCUT2D eigenvalue weighted by molar-refractivity contribution is 5.86. The van der Waals surface area contributed by atoms with Gasteiger partial charge in [-0.05, 0) is 17.7 Å². The molecule has 1 saturated heterocycles. The number of hydrogen-bond donors (Lipinski definition) is 1. The molecule has 2 amide bonds. The van der Waals surface area contributed by atoms with Crippen LogP contribution in [0.3, 0.4) is 0 Å². The monoisotopic (exact) mass is 292 g/mol. The fourth-order valence-electron chi connectivity index (χ4n) is 2.29. The quantitative estimate of drug-likeness (QED) is 0.843. The molecule has 0 saturated carbocycles. The van der Waals surface area contributed by atoms with Crippen molar-refractivity contribution in [3.05, 3.63) is 48.3 Å². The summed E-state index contributed by atoms with van der Waals surface area (Å²) in [5.41, 5.74) is 0.518. The predicted octanol–water partition coefficient (Wildman–Crippen LogP) is 1.03. The van der Waals surface area contributed by atoms with Crippen molar-refractivity contribution >= 4 is 11.8 Å². The molecule has 0 spiro atoms. The Labute approximate surface area is 122 Å². The van der Waals surface area contributed by atoms with Gasteiger partial charge in [0.15, 0.2) is 6.10 Å². The first-order valence-electron chi connectivity index (χ1n) is 6.56. The first-order chi connectivity index (χ1) is 10.0. The summed E-state index contributed by atoms with van der Waals surface area (Å²) in [7, 11) is 1.58. The maximum Gasteiger partial charge on any atom is 0.251 e. The Kier molecular flexibility index (Phi) is 4.70. The molecule has 0 unspecified atom stereocenters. The molecular weight excluding hydrogens is 275 g/mol. The Morgan fingerprint density at radius 2 is 2.38 bits per heavy atom. The van der Waals surface area contributed by atoms with Crippen molar-refractivity contribution in [3.63, 3.8) is 0 Å². The fourth-order valence-corrected chi connectivity index (χ4v) is 2.29. The molecule has 5 nitrogen and oxygen atoms in total. The van der Waals surface area contributed by atoms with Gasteiger partial charge in [0.2, 0.25) is 5.91 Å². The summed E-state index contributed by atoms with van der Waals surface area (Å²) < 4.78 is 18.8. The van der Waals surface area contributed by atoms with Crippen molar-refractivity contribution in [1.29, 1.82) is 0 Å². The lowest BCUT2D eigenvalue weighted by Crippen LogP contribution is -2.53. The zero-order chi connectivity index (χ0) is 15.4. The average Bonchev–Trinajstić information content (AvgIpc) is 2.47. The van der Waals surface area contributed by atoms with Crippen molar-refractivity contribution in [2.24, 2.45) is 0 Å². The highest BCUT2D eigenvalue weighted by Gasteiger charge is 2.39. The molecule has 1 aliphatic heterocycles. The third kappa shape index (κ3) is 3.28. The molecule has 112 valence electrons. The highest BCUT2D eigenvalue weighted by atomic mass is 19.1. The van der Waals surface area contributed by atoms with Gasteiger partial charge in [0.25, 0.3) is 5.91 Å². The van der Waals surface area contributed by atoms with Crippen molar-refractivity contribution in [2.45, 2.75) is 12.1 Å². The van der Waals surface area contributed by atoms with Gasteiger partial charge >= 0.3 is 0 Å². The SMILES string of the molecule is C=CCNC(=O)[C@H]1OCC(=O)N(C)[C@H]1c1cccc(F)c1. The van der Waals surface area contributed by atoms with E-state index in [1.165, 1.54) is 23.1 Å². The third-order valence-electron chi connectivity index (χ3n) is 3.35. The zero-order valence-corrected chi connectivity index (χ0v) is 11.7. The smallest absolute Gasteiger partial charge is 0.251 e. The van der Waals surface area contributed by atoms with Crippen LogP contribution >= 0.6 is 0 Å². The first kappa shape index (κ1) is 15.2. The van der Waals surface area contributed by atoms with E-state index < -0.39 is 18.0 Å². The van der Waals surface area contributed by atoms with Gasteiger partial charge in [-0.15, -0.1) is 6.58 Å². The van der Waals surface area contributed by atoms with E-state index in [9.17, 15) is 14.0 Å². The molecule has 2 rings (SSSR count). The van der Waals surface area contributed by atoms with Crippen LogP contribution in [-0.2, 0) is 14.3 Å². The lowest BCUT2D eigenvalue weighted by Gasteiger charge is -2.38. The standard InChI is InChI=1S/C15H17FN2O3/c1-3-7-17-15(20)14-13(18(2)12(19)9-21-14)10-5-4-6-11(16)8-10/h3-6,8,13-14H,1,7,9H2,2H3,(H,17,20)/t13-,14-/m0/s1. The van der Waals surface area contributed by atoms with Crippen molar-refractivity contribution < 1.29 is 18.7 Å². The van der Waals surface area contributed by atoms with E-state index in [-0.39, 0.29) is 18.4 Å². The Morgan fingerprint density at radius 1 is 1.62 bits per heavy atom. The number of benzene rings is 1. The van der Waals surface area contributed by atoms with Gasteiger partial charge in [0.1, 0.15) is 12.4 Å². The Morgan fingerprint density at radius 3 is 3.05 bits per heavy atom. The van der Waals surface area contributed by atoms with Crippen LogP contribution in [0.25, 0.3) is 0 Å². The number of halogens is 1. The van der Waals surface area contributed by atoms with Crippen LogP contribution in [0.5, 0.6) is 0 Å². The van der Waals surface area contributed by atoms with E-state index in [4.69, 9.17) is 4.74 Å². The molecule has 1 aromatic rings. The van der Waals surface area contributed by atoms with Crippen LogP contribution < -0.4 is 5.32 Å². The molecule has 0 radical (unpaired) electrons. The molecular formula is C15H17FN2O3. The maximum atomic E-state index is 13.4. The molecule has 6 heteroatoms. The maximum absolute atomic E-state index is 13.4. The van der Waals surface area contributed by atoms with Crippen LogP contribution in [0.4, 0.5) is 4.39 Å². The summed E-state index contributed by atoms with van der Waals surface area (Å²) >= 11 is 0. The minimum atomic E-state index is -0.880. The number of carbonyl (C=O) groups excluding carboxylic acids is 2. The third-order valence-corrected chi connectivity index (χ3v) is 3.35. The van der Waals surface area contributed by atoms with E-state index in [0.717, 1.165) is 0 Å². The highest BCUT2D eigenvalue weighted by Crippen LogP contribution is 2.29. The number of morpholine rings is 1. The molecule has 2 atom stereocenters. The average molecular weight is 292 g/mol. The molecule has 1 fully saturated rings. The van der Waals surface area contributed by atoms with E-state index in [1.54, 1.807) is 19.2 Å². The number of hydrogen-bond acceptors (Lipinski definition) is 3. The zero-order valence-electron chi connectivity index (χ0n) is 11.7. The van der Waals surface area contributed by atoms with Gasteiger partial charge in [0.05, 0.1) is 6.04 Å². The van der Waals surface area contributed by atoms with Crippen molar-refractivity contribution in [3.8, 4) is 0 Å². The lowest BCUT2D eigenvalue weighted by molar-refractivity contribution is -0.162. The minimum absolute atomic E-state index is 0.172. The lowest BCUT2D eigenvalue weighted by atomic mass is 9.97. The van der Waals surface area contributed by atoms with E-state index in [1.807, 2.05) is 0 Å². The second-order valence-corrected chi connectivity index (χ2v) is 4.77. The topological polar surface area (TPSA) is 58.6 Å². The number of carbonyl (C=O) groups is 2. The van der Waals surface area contributed by atoms with E-state index in [0.29, 0.717) is 12.1 Å². The number of nitrogens with zero attached hydrogens (tertiary/aromatic N) is 1. The summed E-state index contributed by atoms with van der Waals surface area (Å²) in [5, 5.41) is 2.64. The second-order valence-electron chi connectivity index (χ2n) is 4.77. The number of amides is 2. The minimum Gasteiger partial charge on any atom is -0.356 e. The van der Waals surface area contributed by atoms with Crippen molar-refractivity contribution in [2.75, 3.05) is 20.2 Å². The van der Waals surface area contributed by atoms with Crippen LogP contribution in [0.15, 0.2) is 36.9 Å². The van der Waals surface area contributed by atoms with Crippen LogP contribution in [0.1, 0.15) is 11.6 Å².